The molecule has 2 amide bonds. The molecule has 0 saturated carbocycles. The molecule has 0 unspecified atom stereocenters. The molecule has 1 aliphatic carbocycles. The van der Waals surface area contributed by atoms with Crippen molar-refractivity contribution < 1.29 is 19.1 Å². The maximum atomic E-state index is 13.2. The minimum atomic E-state index is -0.290. The van der Waals surface area contributed by atoms with Gasteiger partial charge >= 0.3 is 0 Å². The SMILES string of the molecule is COc1ccc(CCN2C(=O)[C@@H]3[C@H](C=C(C)C)C=C(C)[C@@H](C)[C@@H]3C2=O)cc1OC. The molecule has 0 N–H and O–H groups in total. The molecule has 4 atom stereocenters. The van der Waals surface area contributed by atoms with E-state index in [9.17, 15) is 9.59 Å². The van der Waals surface area contributed by atoms with Gasteiger partial charge in [0.05, 0.1) is 26.1 Å². The maximum absolute atomic E-state index is 13.2. The van der Waals surface area contributed by atoms with Crippen LogP contribution in [0.15, 0.2) is 41.5 Å². The third-order valence-corrected chi connectivity index (χ3v) is 6.21. The van der Waals surface area contributed by atoms with Crippen LogP contribution in [0.25, 0.3) is 0 Å². The molecule has 3 rings (SSSR count). The molecule has 156 valence electrons. The third kappa shape index (κ3) is 3.96. The van der Waals surface area contributed by atoms with E-state index in [-0.39, 0.29) is 35.5 Å². The van der Waals surface area contributed by atoms with Gasteiger partial charge in [0.25, 0.3) is 0 Å². The summed E-state index contributed by atoms with van der Waals surface area (Å²) in [6.07, 6.45) is 4.88. The van der Waals surface area contributed by atoms with Gasteiger partial charge in [-0.15, -0.1) is 0 Å². The van der Waals surface area contributed by atoms with E-state index in [1.807, 2.05) is 32.0 Å². The van der Waals surface area contributed by atoms with Crippen molar-refractivity contribution in [2.24, 2.45) is 23.7 Å². The predicted molar refractivity (Wildman–Crippen MR) is 113 cm³/mol. The maximum Gasteiger partial charge on any atom is 0.234 e. The number of ether oxygens (including phenoxy) is 2. The van der Waals surface area contributed by atoms with Crippen molar-refractivity contribution in [1.29, 1.82) is 0 Å². The van der Waals surface area contributed by atoms with Crippen molar-refractivity contribution in [3.8, 4) is 11.5 Å². The Bertz CT molecular complexity index is 866. The van der Waals surface area contributed by atoms with Crippen LogP contribution in [0.4, 0.5) is 0 Å². The Morgan fingerprint density at radius 3 is 2.34 bits per heavy atom. The van der Waals surface area contributed by atoms with Crippen LogP contribution in [0.5, 0.6) is 11.5 Å². The lowest BCUT2D eigenvalue weighted by atomic mass is 9.69. The molecule has 0 radical (unpaired) electrons. The van der Waals surface area contributed by atoms with Crippen LogP contribution in [0.1, 0.15) is 33.3 Å². The summed E-state index contributed by atoms with van der Waals surface area (Å²) in [5.74, 6) is 0.754. The number of imide groups is 1. The molecular formula is C24H31NO4. The molecule has 0 spiro atoms. The number of carbonyl (C=O) groups is 2. The van der Waals surface area contributed by atoms with Crippen molar-refractivity contribution in [3.05, 3.63) is 47.1 Å². The van der Waals surface area contributed by atoms with Gasteiger partial charge < -0.3 is 9.47 Å². The van der Waals surface area contributed by atoms with Gasteiger partial charge in [-0.05, 0) is 50.8 Å². The Balaban J connectivity index is 1.81. The smallest absolute Gasteiger partial charge is 0.234 e. The fourth-order valence-corrected chi connectivity index (χ4v) is 4.58. The van der Waals surface area contributed by atoms with Crippen LogP contribution >= 0.6 is 0 Å². The summed E-state index contributed by atoms with van der Waals surface area (Å²) in [7, 11) is 3.20. The molecule has 5 nitrogen and oxygen atoms in total. The lowest BCUT2D eigenvalue weighted by molar-refractivity contribution is -0.140. The molecule has 29 heavy (non-hydrogen) atoms. The van der Waals surface area contributed by atoms with Crippen molar-refractivity contribution in [3.63, 3.8) is 0 Å². The molecule has 1 aliphatic heterocycles. The van der Waals surface area contributed by atoms with E-state index < -0.39 is 0 Å². The quantitative estimate of drug-likeness (QED) is 0.537. The van der Waals surface area contributed by atoms with Gasteiger partial charge in [0.2, 0.25) is 11.8 Å². The van der Waals surface area contributed by atoms with E-state index in [0.717, 1.165) is 11.1 Å². The standard InChI is InChI=1S/C24H31NO4/c1-14(2)11-18-12-15(3)16(4)21-22(18)24(27)25(23(21)26)10-9-17-7-8-19(28-5)20(13-17)29-6/h7-8,11-13,16,18,21-22H,9-10H2,1-6H3/t16-,18-,21+,22-/m1/s1. The first-order valence-electron chi connectivity index (χ1n) is 10.2. The van der Waals surface area contributed by atoms with Crippen LogP contribution < -0.4 is 9.47 Å². The highest BCUT2D eigenvalue weighted by molar-refractivity contribution is 6.06. The number of hydrogen-bond donors (Lipinski definition) is 0. The normalized spacial score (nSPS) is 26.1. The number of amides is 2. The van der Waals surface area contributed by atoms with Crippen LogP contribution in [0, 0.1) is 23.7 Å². The molecule has 5 heteroatoms. The highest BCUT2D eigenvalue weighted by atomic mass is 16.5. The minimum absolute atomic E-state index is 0.0104. The lowest BCUT2D eigenvalue weighted by Crippen LogP contribution is -2.34. The molecule has 0 aromatic heterocycles. The Morgan fingerprint density at radius 2 is 1.72 bits per heavy atom. The summed E-state index contributed by atoms with van der Waals surface area (Å²) in [4.78, 5) is 27.9. The summed E-state index contributed by atoms with van der Waals surface area (Å²) in [5.41, 5.74) is 3.36. The summed E-state index contributed by atoms with van der Waals surface area (Å²) < 4.78 is 10.6. The van der Waals surface area contributed by atoms with Crippen molar-refractivity contribution in [2.45, 2.75) is 34.1 Å². The van der Waals surface area contributed by atoms with E-state index in [0.29, 0.717) is 24.5 Å². The fraction of sp³-hybridized carbons (Fsp3) is 0.500. The minimum Gasteiger partial charge on any atom is -0.493 e. The van der Waals surface area contributed by atoms with E-state index >= 15 is 0 Å². The second-order valence-electron chi connectivity index (χ2n) is 8.34. The van der Waals surface area contributed by atoms with Gasteiger partial charge in [-0.3, -0.25) is 14.5 Å². The fourth-order valence-electron chi connectivity index (χ4n) is 4.58. The molecule has 1 fully saturated rings. The third-order valence-electron chi connectivity index (χ3n) is 6.21. The van der Waals surface area contributed by atoms with Crippen LogP contribution in [0.3, 0.4) is 0 Å². The summed E-state index contributed by atoms with van der Waals surface area (Å²) >= 11 is 0. The molecule has 1 aromatic carbocycles. The summed E-state index contributed by atoms with van der Waals surface area (Å²) in [6, 6.07) is 5.69. The molecule has 0 bridgehead atoms. The molecule has 1 aromatic rings. The Hall–Kier alpha value is -2.56. The Morgan fingerprint density at radius 1 is 1.07 bits per heavy atom. The summed E-state index contributed by atoms with van der Waals surface area (Å²) in [5, 5.41) is 0. The number of rotatable bonds is 6. The van der Waals surface area contributed by atoms with Crippen molar-refractivity contribution >= 4 is 11.8 Å². The van der Waals surface area contributed by atoms with Gasteiger partial charge in [0, 0.05) is 12.5 Å². The predicted octanol–water partition coefficient (Wildman–Crippen LogP) is 4.03. The van der Waals surface area contributed by atoms with E-state index in [2.05, 4.69) is 26.0 Å². The number of allylic oxidation sites excluding steroid dienone is 4. The number of benzene rings is 1. The van der Waals surface area contributed by atoms with E-state index in [4.69, 9.17) is 9.47 Å². The Labute approximate surface area is 173 Å². The van der Waals surface area contributed by atoms with Gasteiger partial charge in [-0.1, -0.05) is 36.3 Å². The number of carbonyl (C=O) groups excluding carboxylic acids is 2. The highest BCUT2D eigenvalue weighted by Crippen LogP contribution is 2.45. The number of likely N-dealkylation sites (tertiary alicyclic amines) is 1. The molecule has 2 aliphatic rings. The first kappa shape index (κ1) is 21.2. The van der Waals surface area contributed by atoms with Crippen molar-refractivity contribution in [1.82, 2.24) is 4.90 Å². The van der Waals surface area contributed by atoms with Gasteiger partial charge in [0.15, 0.2) is 11.5 Å². The monoisotopic (exact) mass is 397 g/mol. The number of hydrogen-bond acceptors (Lipinski definition) is 4. The zero-order valence-electron chi connectivity index (χ0n) is 18.2. The molecule has 1 saturated heterocycles. The topological polar surface area (TPSA) is 55.8 Å². The van der Waals surface area contributed by atoms with Crippen molar-refractivity contribution in [2.75, 3.05) is 20.8 Å². The first-order chi connectivity index (χ1) is 13.8. The van der Waals surface area contributed by atoms with Gasteiger partial charge in [-0.25, -0.2) is 0 Å². The van der Waals surface area contributed by atoms with E-state index in [1.165, 1.54) is 10.5 Å². The van der Waals surface area contributed by atoms with E-state index in [1.54, 1.807) is 14.2 Å². The second kappa shape index (κ2) is 8.44. The number of nitrogens with zero attached hydrogens (tertiary/aromatic N) is 1. The van der Waals surface area contributed by atoms with Gasteiger partial charge in [-0.2, -0.15) is 0 Å². The molecular weight excluding hydrogens is 366 g/mol. The van der Waals surface area contributed by atoms with Gasteiger partial charge in [0.1, 0.15) is 0 Å². The Kier molecular flexibility index (Phi) is 6.15. The highest BCUT2D eigenvalue weighted by Gasteiger charge is 2.53. The van der Waals surface area contributed by atoms with Crippen LogP contribution in [-0.2, 0) is 16.0 Å². The largest absolute Gasteiger partial charge is 0.493 e. The first-order valence-corrected chi connectivity index (χ1v) is 10.2. The zero-order valence-corrected chi connectivity index (χ0v) is 18.2. The second-order valence-corrected chi connectivity index (χ2v) is 8.34. The lowest BCUT2D eigenvalue weighted by Gasteiger charge is -2.32. The average Bonchev–Trinajstić information content (AvgIpc) is 2.94. The number of methoxy groups -OCH3 is 2. The number of fused-ring (bicyclic) bond motifs is 1. The summed E-state index contributed by atoms with van der Waals surface area (Å²) in [6.45, 7) is 8.58. The molecule has 1 heterocycles. The zero-order chi connectivity index (χ0) is 21.3. The van der Waals surface area contributed by atoms with Crippen LogP contribution in [0.2, 0.25) is 0 Å². The van der Waals surface area contributed by atoms with Crippen LogP contribution in [-0.4, -0.2) is 37.5 Å². The average molecular weight is 398 g/mol.